The number of rotatable bonds is 7. The summed E-state index contributed by atoms with van der Waals surface area (Å²) in [5.41, 5.74) is 0.400. The van der Waals surface area contributed by atoms with Gasteiger partial charge in [-0.15, -0.1) is 0 Å². The Morgan fingerprint density at radius 2 is 1.64 bits per heavy atom. The number of hydrogen-bond donors (Lipinski definition) is 3. The fourth-order valence-corrected chi connectivity index (χ4v) is 9.13. The predicted molar refractivity (Wildman–Crippen MR) is 148 cm³/mol. The van der Waals surface area contributed by atoms with E-state index < -0.39 is 42.0 Å². The van der Waals surface area contributed by atoms with E-state index in [-0.39, 0.29) is 40.4 Å². The lowest BCUT2D eigenvalue weighted by atomic mass is 9.46. The largest absolute Gasteiger partial charge is 0.459 e. The molecule has 7 heteroatoms. The lowest BCUT2D eigenvalue weighted by Crippen LogP contribution is -2.61. The Morgan fingerprint density at radius 3 is 2.23 bits per heavy atom. The van der Waals surface area contributed by atoms with Gasteiger partial charge in [0, 0.05) is 19.8 Å². The second kappa shape index (κ2) is 10.6. The van der Waals surface area contributed by atoms with Gasteiger partial charge in [-0.25, -0.2) is 0 Å². The van der Waals surface area contributed by atoms with Crippen LogP contribution >= 0.6 is 0 Å². The third-order valence-electron chi connectivity index (χ3n) is 11.3. The van der Waals surface area contributed by atoms with Crippen molar-refractivity contribution in [3.63, 3.8) is 0 Å². The van der Waals surface area contributed by atoms with E-state index >= 15 is 0 Å². The number of aliphatic hydroxyl groups excluding tert-OH is 2. The van der Waals surface area contributed by atoms with Gasteiger partial charge in [0.1, 0.15) is 12.2 Å². The highest BCUT2D eigenvalue weighted by Gasteiger charge is 2.64. The molecule has 39 heavy (non-hydrogen) atoms. The van der Waals surface area contributed by atoms with Gasteiger partial charge >= 0.3 is 11.9 Å². The van der Waals surface area contributed by atoms with Gasteiger partial charge < -0.3 is 24.8 Å². The zero-order chi connectivity index (χ0) is 29.1. The van der Waals surface area contributed by atoms with Crippen molar-refractivity contribution < 1.29 is 34.4 Å². The van der Waals surface area contributed by atoms with Crippen molar-refractivity contribution in [3.05, 3.63) is 23.8 Å². The van der Waals surface area contributed by atoms with Crippen molar-refractivity contribution >= 4 is 11.9 Å². The molecular weight excluding hydrogens is 496 g/mol. The van der Waals surface area contributed by atoms with Gasteiger partial charge in [0.15, 0.2) is 0 Å². The maximum Gasteiger partial charge on any atom is 0.303 e. The molecule has 0 amide bonds. The van der Waals surface area contributed by atoms with Gasteiger partial charge in [-0.3, -0.25) is 9.59 Å². The van der Waals surface area contributed by atoms with E-state index in [0.717, 1.165) is 37.7 Å². The van der Waals surface area contributed by atoms with Gasteiger partial charge in [-0.2, -0.15) is 0 Å². The normalized spacial score (nSPS) is 41.8. The SMILES string of the molecule is C=C(C[C@@H](O)[C@](C)(O)[C@H]1CC[C@H]2C3=C[C@H](OC(C)=O)[C@H]4[C@@H](OC(C)=O)[C@@H](O)CC[C@]4(C)[C@H]3CC[C@]12C)C(C)C. The molecule has 0 aromatic rings. The molecule has 0 unspecified atom stereocenters. The second-order valence-corrected chi connectivity index (χ2v) is 14.0. The zero-order valence-corrected chi connectivity index (χ0v) is 24.9. The van der Waals surface area contributed by atoms with Crippen molar-refractivity contribution in [2.45, 2.75) is 123 Å². The molecule has 220 valence electrons. The Bertz CT molecular complexity index is 1010. The first-order chi connectivity index (χ1) is 18.0. The Kier molecular flexibility index (Phi) is 8.23. The van der Waals surface area contributed by atoms with Gasteiger partial charge in [0.25, 0.3) is 0 Å². The molecule has 3 N–H and O–H groups in total. The number of hydrogen-bond acceptors (Lipinski definition) is 7. The monoisotopic (exact) mass is 546 g/mol. The minimum absolute atomic E-state index is 0.0912. The molecule has 0 saturated heterocycles. The summed E-state index contributed by atoms with van der Waals surface area (Å²) in [4.78, 5) is 24.3. The van der Waals surface area contributed by atoms with Crippen molar-refractivity contribution in [2.24, 2.45) is 40.4 Å². The first-order valence-electron chi connectivity index (χ1n) is 14.9. The molecule has 4 rings (SSSR count). The highest BCUT2D eigenvalue weighted by molar-refractivity contribution is 5.67. The van der Waals surface area contributed by atoms with Crippen molar-refractivity contribution in [1.29, 1.82) is 0 Å². The molecule has 11 atom stereocenters. The second-order valence-electron chi connectivity index (χ2n) is 14.0. The van der Waals surface area contributed by atoms with E-state index in [0.29, 0.717) is 12.8 Å². The molecule has 4 aliphatic rings. The van der Waals surface area contributed by atoms with E-state index in [1.54, 1.807) is 6.92 Å². The summed E-state index contributed by atoms with van der Waals surface area (Å²) in [7, 11) is 0. The molecule has 3 saturated carbocycles. The van der Waals surface area contributed by atoms with E-state index in [1.165, 1.54) is 19.4 Å². The fraction of sp³-hybridized carbons (Fsp3) is 0.812. The molecule has 0 aliphatic heterocycles. The first-order valence-corrected chi connectivity index (χ1v) is 14.9. The zero-order valence-electron chi connectivity index (χ0n) is 24.9. The Balaban J connectivity index is 1.71. The maximum absolute atomic E-state index is 12.3. The smallest absolute Gasteiger partial charge is 0.303 e. The molecule has 0 aromatic heterocycles. The molecule has 0 spiro atoms. The molecule has 0 bridgehead atoms. The van der Waals surface area contributed by atoms with Crippen LogP contribution in [0.15, 0.2) is 23.8 Å². The van der Waals surface area contributed by atoms with E-state index in [1.807, 2.05) is 0 Å². The Morgan fingerprint density at radius 1 is 1.05 bits per heavy atom. The molecule has 0 heterocycles. The minimum Gasteiger partial charge on any atom is -0.459 e. The summed E-state index contributed by atoms with van der Waals surface area (Å²) >= 11 is 0. The summed E-state index contributed by atoms with van der Waals surface area (Å²) in [6.07, 6.45) is 4.17. The number of esters is 2. The average molecular weight is 547 g/mol. The Hall–Kier alpha value is -1.70. The van der Waals surface area contributed by atoms with Crippen LogP contribution in [0.1, 0.15) is 93.4 Å². The summed E-state index contributed by atoms with van der Waals surface area (Å²) in [6.45, 7) is 17.2. The lowest BCUT2D eigenvalue weighted by Gasteiger charge is -2.60. The van der Waals surface area contributed by atoms with E-state index in [4.69, 9.17) is 9.47 Å². The van der Waals surface area contributed by atoms with Gasteiger partial charge in [-0.05, 0) is 92.4 Å². The quantitative estimate of drug-likeness (QED) is 0.313. The fourth-order valence-electron chi connectivity index (χ4n) is 9.13. The standard InChI is InChI=1S/C32H50O7/c1-17(2)18(3)15-27(36)32(8,37)26-10-9-22-21-16-25(38-19(4)33)28-29(39-20(5)34)24(35)12-14-31(28,7)23(21)11-13-30(22,26)6/h16-17,22-29,35-37H,3,9-15H2,1-2,4-8H3/t22-,23-,24-,25-,26-,27+,28-,29-,30-,31+,32+/m0/s1. The third kappa shape index (κ3) is 5.12. The summed E-state index contributed by atoms with van der Waals surface area (Å²) in [6, 6.07) is 0. The van der Waals surface area contributed by atoms with Crippen LogP contribution in [0.3, 0.4) is 0 Å². The minimum atomic E-state index is -1.26. The number of fused-ring (bicyclic) bond motifs is 5. The van der Waals surface area contributed by atoms with Crippen molar-refractivity contribution in [2.75, 3.05) is 0 Å². The van der Waals surface area contributed by atoms with E-state index in [2.05, 4.69) is 40.3 Å². The van der Waals surface area contributed by atoms with Crippen LogP contribution in [0.5, 0.6) is 0 Å². The van der Waals surface area contributed by atoms with Crippen LogP contribution in [0.4, 0.5) is 0 Å². The molecule has 0 aromatic carbocycles. The lowest BCUT2D eigenvalue weighted by molar-refractivity contribution is -0.196. The van der Waals surface area contributed by atoms with Gasteiger partial charge in [0.05, 0.1) is 17.8 Å². The van der Waals surface area contributed by atoms with Crippen LogP contribution in [0.2, 0.25) is 0 Å². The summed E-state index contributed by atoms with van der Waals surface area (Å²) in [5, 5.41) is 33.9. The van der Waals surface area contributed by atoms with Crippen molar-refractivity contribution in [1.82, 2.24) is 0 Å². The molecule has 3 fully saturated rings. The summed E-state index contributed by atoms with van der Waals surface area (Å²) in [5.74, 6) is -0.658. The predicted octanol–water partition coefficient (Wildman–Crippen LogP) is 4.72. The Labute approximate surface area is 234 Å². The highest BCUT2D eigenvalue weighted by atomic mass is 16.6. The van der Waals surface area contributed by atoms with Gasteiger partial charge in [-0.1, -0.05) is 45.4 Å². The topological polar surface area (TPSA) is 113 Å². The molecule has 4 aliphatic carbocycles. The third-order valence-corrected chi connectivity index (χ3v) is 11.3. The van der Waals surface area contributed by atoms with Crippen LogP contribution < -0.4 is 0 Å². The highest BCUT2D eigenvalue weighted by Crippen LogP contribution is 2.67. The maximum atomic E-state index is 12.3. The number of allylic oxidation sites excluding steroid dienone is 1. The van der Waals surface area contributed by atoms with Gasteiger partial charge in [0.2, 0.25) is 0 Å². The number of carbonyl (C=O) groups excluding carboxylic acids is 2. The average Bonchev–Trinajstić information content (AvgIpc) is 3.18. The number of ether oxygens (including phenoxy) is 2. The van der Waals surface area contributed by atoms with Crippen LogP contribution in [-0.4, -0.2) is 57.3 Å². The van der Waals surface area contributed by atoms with Crippen LogP contribution in [0, 0.1) is 40.4 Å². The first kappa shape index (κ1) is 30.3. The van der Waals surface area contributed by atoms with E-state index in [9.17, 15) is 24.9 Å². The van der Waals surface area contributed by atoms with Crippen LogP contribution in [0.25, 0.3) is 0 Å². The molecule has 0 radical (unpaired) electrons. The van der Waals surface area contributed by atoms with Crippen molar-refractivity contribution in [3.8, 4) is 0 Å². The number of carbonyl (C=O) groups is 2. The number of aliphatic hydroxyl groups is 3. The van der Waals surface area contributed by atoms with Crippen LogP contribution in [-0.2, 0) is 19.1 Å². The molecular formula is C32H50O7. The summed E-state index contributed by atoms with van der Waals surface area (Å²) < 4.78 is 11.6. The molecule has 7 nitrogen and oxygen atoms in total.